The molecule has 0 radical (unpaired) electrons. The molecule has 0 unspecified atom stereocenters. The lowest BCUT2D eigenvalue weighted by atomic mass is 9.68. The number of anilines is 1. The number of nitrogens with zero attached hydrogens (tertiary/aromatic N) is 4. The van der Waals surface area contributed by atoms with Crippen molar-refractivity contribution < 1.29 is 9.47 Å². The fourth-order valence-electron chi connectivity index (χ4n) is 6.92. The Kier molecular flexibility index (Phi) is 9.77. The van der Waals surface area contributed by atoms with Crippen molar-refractivity contribution in [3.63, 3.8) is 0 Å². The molecule has 3 aliphatic heterocycles. The molecule has 0 fully saturated rings. The molecule has 244 valence electrons. The lowest BCUT2D eigenvalue weighted by Crippen LogP contribution is -2.45. The summed E-state index contributed by atoms with van der Waals surface area (Å²) in [6.07, 6.45) is 15.2. The smallest absolute Gasteiger partial charge is 0.172 e. The van der Waals surface area contributed by atoms with Crippen LogP contribution in [0.25, 0.3) is 18.2 Å². The van der Waals surface area contributed by atoms with Gasteiger partial charge < -0.3 is 14.4 Å². The Balaban J connectivity index is 1.50. The lowest BCUT2D eigenvalue weighted by Gasteiger charge is -2.49. The second-order valence-electron chi connectivity index (χ2n) is 14.6. The van der Waals surface area contributed by atoms with E-state index in [0.717, 1.165) is 60.0 Å². The van der Waals surface area contributed by atoms with E-state index in [1.54, 1.807) is 11.3 Å². The third-order valence-corrected chi connectivity index (χ3v) is 10.8. The number of allylic oxidation sites excluding steroid dienone is 2. The van der Waals surface area contributed by atoms with Crippen LogP contribution in [0.4, 0.5) is 5.69 Å². The van der Waals surface area contributed by atoms with Gasteiger partial charge in [0.1, 0.15) is 35.1 Å². The molecule has 47 heavy (non-hydrogen) atoms. The average Bonchev–Trinajstić information content (AvgIpc) is 3.58. The quantitative estimate of drug-likeness (QED) is 0.188. The Morgan fingerprint density at radius 1 is 0.915 bits per heavy atom. The number of ether oxygens (including phenoxy) is 2. The van der Waals surface area contributed by atoms with Crippen LogP contribution in [-0.2, 0) is 15.6 Å². The average molecular weight is 647 g/mol. The van der Waals surface area contributed by atoms with Gasteiger partial charge in [-0.1, -0.05) is 60.0 Å². The minimum absolute atomic E-state index is 0.0164. The van der Waals surface area contributed by atoms with E-state index in [0.29, 0.717) is 5.57 Å². The zero-order valence-electron chi connectivity index (χ0n) is 28.9. The Morgan fingerprint density at radius 3 is 2.21 bits per heavy atom. The summed E-state index contributed by atoms with van der Waals surface area (Å²) < 4.78 is 12.7. The number of hydrogen-bond donors (Lipinski definition) is 0. The van der Waals surface area contributed by atoms with Gasteiger partial charge in [-0.3, -0.25) is 0 Å². The predicted octanol–water partition coefficient (Wildman–Crippen LogP) is 9.99. The van der Waals surface area contributed by atoms with Gasteiger partial charge in [-0.05, 0) is 85.9 Å². The summed E-state index contributed by atoms with van der Waals surface area (Å²) in [5.74, 6) is 1.09. The Morgan fingerprint density at radius 2 is 1.57 bits per heavy atom. The molecule has 0 saturated heterocycles. The maximum absolute atomic E-state index is 9.87. The molecule has 0 atom stereocenters. The van der Waals surface area contributed by atoms with E-state index >= 15 is 0 Å². The first-order valence-corrected chi connectivity index (χ1v) is 17.6. The van der Waals surface area contributed by atoms with E-state index in [-0.39, 0.29) is 27.7 Å². The van der Waals surface area contributed by atoms with Gasteiger partial charge in [0.15, 0.2) is 11.3 Å². The predicted molar refractivity (Wildman–Crippen MR) is 192 cm³/mol. The summed E-state index contributed by atoms with van der Waals surface area (Å²) in [5.41, 5.74) is 5.27. The summed E-state index contributed by atoms with van der Waals surface area (Å²) in [5, 5.41) is 28.6. The van der Waals surface area contributed by atoms with E-state index in [4.69, 9.17) is 9.47 Å². The Labute approximate surface area is 284 Å². The number of thiophene rings is 1. The van der Waals surface area contributed by atoms with Crippen molar-refractivity contribution >= 4 is 35.3 Å². The molecule has 0 N–H and O–H groups in total. The van der Waals surface area contributed by atoms with E-state index in [9.17, 15) is 15.8 Å². The van der Waals surface area contributed by atoms with Gasteiger partial charge in [-0.25, -0.2) is 0 Å². The molecule has 0 aliphatic carbocycles. The van der Waals surface area contributed by atoms with Gasteiger partial charge in [0.05, 0.1) is 6.61 Å². The SMILES string of the molecule is CCCCCCOc1c(/C=C/c2ccc(/C=C/C3=C(C#N)C(=C(C#N)C#N)OC3(C)C)s2)cc2c3c1C(C)(C)CCN3CCC2(C)C. The van der Waals surface area contributed by atoms with Crippen molar-refractivity contribution in [2.75, 3.05) is 24.6 Å². The monoisotopic (exact) mass is 646 g/mol. The number of nitriles is 3. The van der Waals surface area contributed by atoms with Crippen molar-refractivity contribution in [3.8, 4) is 24.0 Å². The molecule has 1 aromatic heterocycles. The van der Waals surface area contributed by atoms with Crippen LogP contribution in [-0.4, -0.2) is 25.3 Å². The van der Waals surface area contributed by atoms with Gasteiger partial charge in [0.2, 0.25) is 0 Å². The fourth-order valence-corrected chi connectivity index (χ4v) is 7.74. The Bertz CT molecular complexity index is 1780. The number of rotatable bonds is 10. The summed E-state index contributed by atoms with van der Waals surface area (Å²) in [4.78, 5) is 4.73. The van der Waals surface area contributed by atoms with Crippen LogP contribution in [0.3, 0.4) is 0 Å². The minimum Gasteiger partial charge on any atom is -0.493 e. The zero-order chi connectivity index (χ0) is 34.0. The molecule has 2 aromatic rings. The zero-order valence-corrected chi connectivity index (χ0v) is 29.7. The van der Waals surface area contributed by atoms with Crippen molar-refractivity contribution in [3.05, 3.63) is 73.2 Å². The van der Waals surface area contributed by atoms with Gasteiger partial charge in [0, 0.05) is 45.2 Å². The molecule has 5 rings (SSSR count). The summed E-state index contributed by atoms with van der Waals surface area (Å²) in [7, 11) is 0. The van der Waals surface area contributed by atoms with E-state index in [1.807, 2.05) is 38.1 Å². The van der Waals surface area contributed by atoms with Crippen LogP contribution >= 0.6 is 11.3 Å². The van der Waals surface area contributed by atoms with Crippen LogP contribution < -0.4 is 9.64 Å². The fraction of sp³-hybridized carbons (Fsp3) is 0.475. The molecular formula is C40H46N4O2S. The van der Waals surface area contributed by atoms with Gasteiger partial charge in [-0.15, -0.1) is 11.3 Å². The maximum atomic E-state index is 9.87. The number of benzene rings is 1. The first kappa shape index (κ1) is 34.1. The van der Waals surface area contributed by atoms with Crippen LogP contribution in [0.5, 0.6) is 5.75 Å². The molecule has 0 amide bonds. The first-order valence-electron chi connectivity index (χ1n) is 16.8. The molecule has 3 aliphatic rings. The van der Waals surface area contributed by atoms with Gasteiger partial charge in [-0.2, -0.15) is 15.8 Å². The molecule has 0 saturated carbocycles. The number of hydrogen-bond acceptors (Lipinski definition) is 7. The van der Waals surface area contributed by atoms with Gasteiger partial charge >= 0.3 is 0 Å². The second kappa shape index (κ2) is 13.5. The molecule has 4 heterocycles. The summed E-state index contributed by atoms with van der Waals surface area (Å²) >= 11 is 1.66. The standard InChI is InChI=1S/C40H46N4O2S/c1-8-9-10-11-22-45-37-27(23-33-35-34(37)39(4,5)19-21-44(35)20-18-38(33,2)3)12-13-29-14-15-30(47-29)16-17-32-31(26-43)36(28(24-41)25-42)46-40(32,6)7/h12-17,23H,8-11,18-22H2,1-7H3/b13-12+,17-16+. The van der Waals surface area contributed by atoms with E-state index in [2.05, 4.69) is 75.9 Å². The third kappa shape index (κ3) is 6.76. The molecule has 0 bridgehead atoms. The van der Waals surface area contributed by atoms with Crippen molar-refractivity contribution in [1.29, 1.82) is 15.8 Å². The van der Waals surface area contributed by atoms with Crippen LogP contribution in [0.1, 0.15) is 113 Å². The van der Waals surface area contributed by atoms with Crippen LogP contribution in [0.15, 0.2) is 46.8 Å². The molecule has 1 aromatic carbocycles. The normalized spacial score (nSPS) is 18.9. The summed E-state index contributed by atoms with van der Waals surface area (Å²) in [6, 6.07) is 12.4. The topological polar surface area (TPSA) is 93.1 Å². The van der Waals surface area contributed by atoms with Crippen molar-refractivity contribution in [2.24, 2.45) is 0 Å². The largest absolute Gasteiger partial charge is 0.493 e. The Hall–Kier alpha value is -4.25. The lowest BCUT2D eigenvalue weighted by molar-refractivity contribution is 0.0954. The van der Waals surface area contributed by atoms with Crippen molar-refractivity contribution in [1.82, 2.24) is 0 Å². The van der Waals surface area contributed by atoms with E-state index < -0.39 is 5.60 Å². The highest BCUT2D eigenvalue weighted by atomic mass is 32.1. The first-order chi connectivity index (χ1) is 22.4. The highest BCUT2D eigenvalue weighted by Gasteiger charge is 2.43. The summed E-state index contributed by atoms with van der Waals surface area (Å²) in [6.45, 7) is 18.3. The van der Waals surface area contributed by atoms with Crippen LogP contribution in [0.2, 0.25) is 0 Å². The highest BCUT2D eigenvalue weighted by molar-refractivity contribution is 7.13. The third-order valence-electron chi connectivity index (χ3n) is 9.81. The van der Waals surface area contributed by atoms with Gasteiger partial charge in [0.25, 0.3) is 0 Å². The van der Waals surface area contributed by atoms with E-state index in [1.165, 1.54) is 36.1 Å². The van der Waals surface area contributed by atoms with Crippen molar-refractivity contribution in [2.45, 2.75) is 103 Å². The number of unbranched alkanes of at least 4 members (excludes halogenated alkanes) is 3. The van der Waals surface area contributed by atoms with Crippen LogP contribution in [0, 0.1) is 34.0 Å². The highest BCUT2D eigenvalue weighted by Crippen LogP contribution is 2.54. The molecule has 0 spiro atoms. The minimum atomic E-state index is -0.841. The second-order valence-corrected chi connectivity index (χ2v) is 15.7. The maximum Gasteiger partial charge on any atom is 0.172 e. The molecule has 7 heteroatoms. The molecule has 6 nitrogen and oxygen atoms in total. The molecular weight excluding hydrogens is 601 g/mol.